The van der Waals surface area contributed by atoms with Gasteiger partial charge in [-0.15, -0.1) is 0 Å². The van der Waals surface area contributed by atoms with Crippen LogP contribution in [0.15, 0.2) is 48.8 Å². The van der Waals surface area contributed by atoms with E-state index < -0.39 is 17.8 Å². The van der Waals surface area contributed by atoms with Crippen molar-refractivity contribution in [1.82, 2.24) is 28.9 Å². The van der Waals surface area contributed by atoms with Crippen molar-refractivity contribution >= 4 is 33.8 Å². The van der Waals surface area contributed by atoms with Crippen LogP contribution in [0.5, 0.6) is 0 Å². The molecule has 1 aliphatic rings. The number of amides is 1. The highest BCUT2D eigenvalue weighted by atomic mass is 19.1. The van der Waals surface area contributed by atoms with Crippen molar-refractivity contribution in [2.45, 2.75) is 25.9 Å². The van der Waals surface area contributed by atoms with Gasteiger partial charge in [-0.2, -0.15) is 5.10 Å². The van der Waals surface area contributed by atoms with Crippen LogP contribution in [0.25, 0.3) is 22.1 Å². The van der Waals surface area contributed by atoms with Crippen molar-refractivity contribution in [2.75, 3.05) is 18.9 Å². The number of pyridine rings is 1. The van der Waals surface area contributed by atoms with E-state index >= 15 is 4.39 Å². The number of halogens is 1. The van der Waals surface area contributed by atoms with Gasteiger partial charge in [0.25, 0.3) is 5.91 Å². The molecule has 2 N–H and O–H groups in total. The first-order valence-electron chi connectivity index (χ1n) is 11.0. The number of imidazole rings is 1. The lowest BCUT2D eigenvalue weighted by atomic mass is 10.0. The number of carbonyl (C=O) groups excluding carboxylic acids is 1. The quantitative estimate of drug-likeness (QED) is 0.435. The molecule has 5 heterocycles. The fourth-order valence-electron chi connectivity index (χ4n) is 4.75. The highest BCUT2D eigenvalue weighted by Gasteiger charge is 2.37. The van der Waals surface area contributed by atoms with Gasteiger partial charge in [-0.25, -0.2) is 18.9 Å². The summed E-state index contributed by atoms with van der Waals surface area (Å²) in [5, 5.41) is 4.64. The van der Waals surface area contributed by atoms with Gasteiger partial charge in [-0.3, -0.25) is 9.20 Å². The van der Waals surface area contributed by atoms with Gasteiger partial charge in [-0.05, 0) is 38.1 Å². The Balaban J connectivity index is 1.48. The number of anilines is 1. The molecule has 0 saturated carbocycles. The first kappa shape index (κ1) is 20.5. The number of carbonyl (C=O) groups is 1. The Labute approximate surface area is 193 Å². The Morgan fingerprint density at radius 3 is 2.88 bits per heavy atom. The Kier molecular flexibility index (Phi) is 4.53. The maximum absolute atomic E-state index is 15.3. The number of nitrogens with zero attached hydrogens (tertiary/aromatic N) is 6. The largest absolute Gasteiger partial charge is 0.382 e. The minimum absolute atomic E-state index is 0.0454. The summed E-state index contributed by atoms with van der Waals surface area (Å²) in [6.45, 7) is 4.34. The van der Waals surface area contributed by atoms with Crippen molar-refractivity contribution < 1.29 is 13.9 Å². The summed E-state index contributed by atoms with van der Waals surface area (Å²) in [4.78, 5) is 24.1. The van der Waals surface area contributed by atoms with Gasteiger partial charge >= 0.3 is 0 Å². The van der Waals surface area contributed by atoms with Crippen molar-refractivity contribution in [2.24, 2.45) is 0 Å². The molecule has 1 unspecified atom stereocenters. The van der Waals surface area contributed by atoms with Crippen LogP contribution < -0.4 is 5.73 Å². The number of hydrogen-bond donors (Lipinski definition) is 1. The maximum Gasteiger partial charge on any atom is 0.257 e. The highest BCUT2D eigenvalue weighted by molar-refractivity contribution is 5.99. The van der Waals surface area contributed by atoms with Crippen LogP contribution in [0.4, 0.5) is 10.2 Å². The summed E-state index contributed by atoms with van der Waals surface area (Å²) in [5.41, 5.74) is 9.12. The number of aromatic nitrogens is 5. The Morgan fingerprint density at radius 1 is 1.21 bits per heavy atom. The lowest BCUT2D eigenvalue weighted by Gasteiger charge is -2.39. The first-order chi connectivity index (χ1) is 16.4. The molecule has 4 aromatic heterocycles. The summed E-state index contributed by atoms with van der Waals surface area (Å²) >= 11 is 0. The van der Waals surface area contributed by atoms with Gasteiger partial charge in [0.2, 0.25) is 0 Å². The molecule has 1 aromatic carbocycles. The molecular weight excluding hydrogens is 437 g/mol. The second-order valence-electron chi connectivity index (χ2n) is 8.60. The van der Waals surface area contributed by atoms with Gasteiger partial charge in [0.1, 0.15) is 23.0 Å². The number of benzene rings is 1. The van der Waals surface area contributed by atoms with Crippen LogP contribution in [0, 0.1) is 12.7 Å². The Bertz CT molecular complexity index is 1560. The van der Waals surface area contributed by atoms with E-state index in [-0.39, 0.29) is 24.0 Å². The SMILES string of the molecule is Cc1ncc2c(N)nc3cc(F)c(C(=O)N4C(c5cc6ccccn6n5)COC[C@H]4C)cc3n12. The van der Waals surface area contributed by atoms with Crippen LogP contribution in [-0.4, -0.2) is 54.0 Å². The van der Waals surface area contributed by atoms with E-state index in [1.807, 2.05) is 44.3 Å². The summed E-state index contributed by atoms with van der Waals surface area (Å²) in [6, 6.07) is 9.73. The standard InChI is InChI=1S/C24H22FN7O2/c1-13-11-34-12-22(19-7-15-5-3-4-6-30(15)29-19)31(13)24(33)16-8-20-18(9-17(16)25)28-23(26)21-10-27-14(2)32(20)21/h3-10,13,22H,11-12H2,1-2H3,(H2,26,28)/t13-,22?/m1/s1. The lowest BCUT2D eigenvalue weighted by Crippen LogP contribution is -2.49. The topological polar surface area (TPSA) is 103 Å². The molecule has 10 heteroatoms. The third-order valence-electron chi connectivity index (χ3n) is 6.39. The molecule has 2 atom stereocenters. The highest BCUT2D eigenvalue weighted by Crippen LogP contribution is 2.31. The van der Waals surface area contributed by atoms with Crippen molar-refractivity contribution in [3.8, 4) is 0 Å². The van der Waals surface area contributed by atoms with Gasteiger partial charge in [-0.1, -0.05) is 6.07 Å². The number of rotatable bonds is 2. The summed E-state index contributed by atoms with van der Waals surface area (Å²) in [5.74, 6) is -0.171. The number of fused-ring (bicyclic) bond motifs is 4. The van der Waals surface area contributed by atoms with Gasteiger partial charge in [0, 0.05) is 12.3 Å². The van der Waals surface area contributed by atoms with Crippen LogP contribution >= 0.6 is 0 Å². The molecule has 6 rings (SSSR count). The van der Waals surface area contributed by atoms with Gasteiger partial charge in [0.15, 0.2) is 0 Å². The third-order valence-corrected chi connectivity index (χ3v) is 6.39. The van der Waals surface area contributed by atoms with E-state index in [0.717, 1.165) is 5.52 Å². The van der Waals surface area contributed by atoms with E-state index in [1.165, 1.54) is 12.1 Å². The molecule has 1 aliphatic heterocycles. The zero-order valence-corrected chi connectivity index (χ0v) is 18.6. The number of hydrogen-bond acceptors (Lipinski definition) is 6. The number of nitrogens with two attached hydrogens (primary N) is 1. The van der Waals surface area contributed by atoms with E-state index in [4.69, 9.17) is 10.5 Å². The van der Waals surface area contributed by atoms with E-state index in [1.54, 1.807) is 20.0 Å². The molecule has 0 spiro atoms. The summed E-state index contributed by atoms with van der Waals surface area (Å²) < 4.78 is 24.6. The van der Waals surface area contributed by atoms with Crippen molar-refractivity contribution in [1.29, 1.82) is 0 Å². The molecule has 1 amide bonds. The van der Waals surface area contributed by atoms with Crippen molar-refractivity contribution in [3.63, 3.8) is 0 Å². The molecule has 1 fully saturated rings. The van der Waals surface area contributed by atoms with E-state index in [0.29, 0.717) is 34.7 Å². The van der Waals surface area contributed by atoms with Crippen molar-refractivity contribution in [3.05, 3.63) is 71.7 Å². The fraction of sp³-hybridized carbons (Fsp3) is 0.250. The van der Waals surface area contributed by atoms with Crippen LogP contribution in [0.2, 0.25) is 0 Å². The lowest BCUT2D eigenvalue weighted by molar-refractivity contribution is -0.0329. The molecule has 0 bridgehead atoms. The molecule has 1 saturated heterocycles. The second kappa shape index (κ2) is 7.49. The second-order valence-corrected chi connectivity index (χ2v) is 8.60. The van der Waals surface area contributed by atoms with Gasteiger partial charge in [0.05, 0.1) is 59.3 Å². The molecule has 172 valence electrons. The minimum atomic E-state index is -0.658. The van der Waals surface area contributed by atoms with E-state index in [2.05, 4.69) is 15.1 Å². The fourth-order valence-corrected chi connectivity index (χ4v) is 4.75. The molecule has 0 aliphatic carbocycles. The zero-order valence-electron chi connectivity index (χ0n) is 18.6. The predicted molar refractivity (Wildman–Crippen MR) is 124 cm³/mol. The first-order valence-corrected chi connectivity index (χ1v) is 11.0. The average Bonchev–Trinajstić information content (AvgIpc) is 3.42. The summed E-state index contributed by atoms with van der Waals surface area (Å²) in [7, 11) is 0. The Morgan fingerprint density at radius 2 is 2.06 bits per heavy atom. The molecule has 9 nitrogen and oxygen atoms in total. The average molecular weight is 459 g/mol. The molecule has 0 radical (unpaired) electrons. The van der Waals surface area contributed by atoms with E-state index in [9.17, 15) is 4.79 Å². The van der Waals surface area contributed by atoms with Gasteiger partial charge < -0.3 is 15.4 Å². The number of ether oxygens (including phenoxy) is 1. The maximum atomic E-state index is 15.3. The van der Waals surface area contributed by atoms with Crippen LogP contribution in [0.1, 0.15) is 34.8 Å². The number of nitrogen functional groups attached to an aromatic ring is 1. The molecule has 5 aromatic rings. The monoisotopic (exact) mass is 459 g/mol. The normalized spacial score (nSPS) is 18.9. The predicted octanol–water partition coefficient (Wildman–Crippen LogP) is 3.16. The van der Waals surface area contributed by atoms with Crippen LogP contribution in [-0.2, 0) is 4.74 Å². The number of morpholine rings is 1. The minimum Gasteiger partial charge on any atom is -0.382 e. The molecule has 34 heavy (non-hydrogen) atoms. The third kappa shape index (κ3) is 3.02. The smallest absolute Gasteiger partial charge is 0.257 e. The summed E-state index contributed by atoms with van der Waals surface area (Å²) in [6.07, 6.45) is 3.46. The zero-order chi connectivity index (χ0) is 23.6. The van der Waals surface area contributed by atoms with Crippen LogP contribution in [0.3, 0.4) is 0 Å². The number of aryl methyl sites for hydroxylation is 1. The Hall–Kier alpha value is -4.05. The molecular formula is C24H22FN7O2.